The molecule has 1 saturated heterocycles. The Bertz CT molecular complexity index is 595. The highest BCUT2D eigenvalue weighted by atomic mass is 16.5. The standard InChI is InChI=1S/C20H33N5O2/c1-4-11-25-12-9-17(10-13-25)24-20(21-2)23-15-19(26)22-14-16-5-7-18(27-3)8-6-16/h5-8,17H,4,9-15H2,1-3H3,(H,22,26)(H2,21,23,24). The number of nitrogens with zero attached hydrogens (tertiary/aromatic N) is 2. The van der Waals surface area contributed by atoms with Crippen molar-refractivity contribution >= 4 is 11.9 Å². The van der Waals surface area contributed by atoms with Gasteiger partial charge in [-0.25, -0.2) is 0 Å². The smallest absolute Gasteiger partial charge is 0.239 e. The lowest BCUT2D eigenvalue weighted by Crippen LogP contribution is -2.50. The Morgan fingerprint density at radius 1 is 1.22 bits per heavy atom. The maximum atomic E-state index is 12.1. The molecule has 0 bridgehead atoms. The molecule has 1 fully saturated rings. The third kappa shape index (κ3) is 7.46. The number of nitrogens with one attached hydrogen (secondary N) is 3. The minimum Gasteiger partial charge on any atom is -0.497 e. The minimum absolute atomic E-state index is 0.0634. The number of likely N-dealkylation sites (tertiary alicyclic amines) is 1. The van der Waals surface area contributed by atoms with Gasteiger partial charge in [-0.15, -0.1) is 0 Å². The van der Waals surface area contributed by atoms with E-state index in [9.17, 15) is 4.79 Å². The molecule has 3 N–H and O–H groups in total. The molecule has 0 aromatic heterocycles. The highest BCUT2D eigenvalue weighted by molar-refractivity contribution is 5.86. The van der Waals surface area contributed by atoms with Crippen molar-refractivity contribution in [3.05, 3.63) is 29.8 Å². The highest BCUT2D eigenvalue weighted by Crippen LogP contribution is 2.11. The number of carbonyl (C=O) groups is 1. The zero-order chi connectivity index (χ0) is 19.5. The van der Waals surface area contributed by atoms with Gasteiger partial charge in [0.05, 0.1) is 13.7 Å². The largest absolute Gasteiger partial charge is 0.497 e. The van der Waals surface area contributed by atoms with E-state index in [0.717, 1.165) is 37.2 Å². The number of aliphatic imine (C=N–C) groups is 1. The van der Waals surface area contributed by atoms with Gasteiger partial charge >= 0.3 is 0 Å². The second kappa shape index (κ2) is 11.4. The topological polar surface area (TPSA) is 78.0 Å². The molecule has 7 heteroatoms. The van der Waals surface area contributed by atoms with Crippen LogP contribution in [-0.2, 0) is 11.3 Å². The molecule has 1 aromatic rings. The Morgan fingerprint density at radius 2 is 1.93 bits per heavy atom. The van der Waals surface area contributed by atoms with Gasteiger partial charge in [0.25, 0.3) is 0 Å². The van der Waals surface area contributed by atoms with Crippen molar-refractivity contribution in [1.82, 2.24) is 20.9 Å². The summed E-state index contributed by atoms with van der Waals surface area (Å²) in [7, 11) is 3.37. The number of ether oxygens (including phenoxy) is 1. The molecule has 1 aliphatic heterocycles. The Morgan fingerprint density at radius 3 is 2.52 bits per heavy atom. The number of methoxy groups -OCH3 is 1. The molecule has 7 nitrogen and oxygen atoms in total. The molecule has 0 saturated carbocycles. The van der Waals surface area contributed by atoms with E-state index < -0.39 is 0 Å². The number of carbonyl (C=O) groups excluding carboxylic acids is 1. The minimum atomic E-state index is -0.0634. The summed E-state index contributed by atoms with van der Waals surface area (Å²) in [5, 5.41) is 9.44. The summed E-state index contributed by atoms with van der Waals surface area (Å²) < 4.78 is 5.13. The number of guanidine groups is 1. The zero-order valence-electron chi connectivity index (χ0n) is 16.8. The first-order valence-electron chi connectivity index (χ1n) is 9.73. The molecule has 2 rings (SSSR count). The summed E-state index contributed by atoms with van der Waals surface area (Å²) in [5.74, 6) is 1.43. The molecule has 0 aliphatic carbocycles. The fourth-order valence-corrected chi connectivity index (χ4v) is 3.18. The lowest BCUT2D eigenvalue weighted by Gasteiger charge is -2.32. The second-order valence-electron chi connectivity index (χ2n) is 6.81. The lowest BCUT2D eigenvalue weighted by atomic mass is 10.1. The summed E-state index contributed by atoms with van der Waals surface area (Å²) in [6.45, 7) is 6.32. The molecule has 27 heavy (non-hydrogen) atoms. The number of hydrogen-bond acceptors (Lipinski definition) is 4. The van der Waals surface area contributed by atoms with Crippen molar-refractivity contribution in [3.8, 4) is 5.75 Å². The van der Waals surface area contributed by atoms with Gasteiger partial charge in [0.1, 0.15) is 5.75 Å². The average molecular weight is 376 g/mol. The molecule has 1 amide bonds. The van der Waals surface area contributed by atoms with Crippen LogP contribution in [0.2, 0.25) is 0 Å². The van der Waals surface area contributed by atoms with Gasteiger partial charge in [-0.3, -0.25) is 9.79 Å². The van der Waals surface area contributed by atoms with E-state index >= 15 is 0 Å². The summed E-state index contributed by atoms with van der Waals surface area (Å²) in [4.78, 5) is 18.8. The molecule has 150 valence electrons. The van der Waals surface area contributed by atoms with Crippen LogP contribution >= 0.6 is 0 Å². The van der Waals surface area contributed by atoms with Gasteiger partial charge in [0.15, 0.2) is 5.96 Å². The summed E-state index contributed by atoms with van der Waals surface area (Å²) in [5.41, 5.74) is 1.03. The van der Waals surface area contributed by atoms with Crippen LogP contribution in [0.1, 0.15) is 31.7 Å². The molecule has 0 atom stereocenters. The van der Waals surface area contributed by atoms with Gasteiger partial charge in [0.2, 0.25) is 5.91 Å². The first-order valence-corrected chi connectivity index (χ1v) is 9.73. The van der Waals surface area contributed by atoms with Crippen LogP contribution in [0.3, 0.4) is 0 Å². The van der Waals surface area contributed by atoms with Crippen LogP contribution in [0.25, 0.3) is 0 Å². The molecule has 1 aliphatic rings. The number of rotatable bonds is 8. The Hall–Kier alpha value is -2.28. The first kappa shape index (κ1) is 21.0. The van der Waals surface area contributed by atoms with E-state index in [1.165, 1.54) is 13.0 Å². The molecule has 0 spiro atoms. The van der Waals surface area contributed by atoms with Crippen molar-refractivity contribution in [2.24, 2.45) is 4.99 Å². The number of amides is 1. The summed E-state index contributed by atoms with van der Waals surface area (Å²) in [6, 6.07) is 8.07. The fraction of sp³-hybridized carbons (Fsp3) is 0.600. The normalized spacial score (nSPS) is 16.0. The van der Waals surface area contributed by atoms with E-state index in [-0.39, 0.29) is 12.5 Å². The quantitative estimate of drug-likeness (QED) is 0.472. The monoisotopic (exact) mass is 375 g/mol. The first-order chi connectivity index (χ1) is 13.1. The lowest BCUT2D eigenvalue weighted by molar-refractivity contribution is -0.120. The van der Waals surface area contributed by atoms with Gasteiger partial charge < -0.3 is 25.6 Å². The summed E-state index contributed by atoms with van der Waals surface area (Å²) in [6.07, 6.45) is 3.40. The van der Waals surface area contributed by atoms with Crippen molar-refractivity contribution in [2.45, 2.75) is 38.8 Å². The van der Waals surface area contributed by atoms with Gasteiger partial charge in [0, 0.05) is 32.7 Å². The van der Waals surface area contributed by atoms with Crippen LogP contribution < -0.4 is 20.7 Å². The van der Waals surface area contributed by atoms with Crippen molar-refractivity contribution in [2.75, 3.05) is 40.3 Å². The van der Waals surface area contributed by atoms with Gasteiger partial charge in [-0.2, -0.15) is 0 Å². The molecule has 1 heterocycles. The molecular formula is C20H33N5O2. The third-order valence-corrected chi connectivity index (χ3v) is 4.76. The number of hydrogen-bond donors (Lipinski definition) is 3. The summed E-state index contributed by atoms with van der Waals surface area (Å²) >= 11 is 0. The zero-order valence-corrected chi connectivity index (χ0v) is 16.8. The van der Waals surface area contributed by atoms with Crippen molar-refractivity contribution in [3.63, 3.8) is 0 Å². The average Bonchev–Trinajstić information content (AvgIpc) is 2.71. The van der Waals surface area contributed by atoms with Gasteiger partial charge in [-0.1, -0.05) is 19.1 Å². The van der Waals surface area contributed by atoms with E-state index in [4.69, 9.17) is 4.74 Å². The maximum absolute atomic E-state index is 12.1. The van der Waals surface area contributed by atoms with Crippen molar-refractivity contribution < 1.29 is 9.53 Å². The third-order valence-electron chi connectivity index (χ3n) is 4.76. The van der Waals surface area contributed by atoms with E-state index in [2.05, 4.69) is 32.8 Å². The van der Waals surface area contributed by atoms with Crippen LogP contribution in [-0.4, -0.2) is 63.1 Å². The maximum Gasteiger partial charge on any atom is 0.239 e. The SMILES string of the molecule is CCCN1CCC(NC(=NC)NCC(=O)NCc2ccc(OC)cc2)CC1. The van der Waals surface area contributed by atoms with E-state index in [0.29, 0.717) is 18.5 Å². The Balaban J connectivity index is 1.66. The fourth-order valence-electron chi connectivity index (χ4n) is 3.18. The Kier molecular flexibility index (Phi) is 8.91. The van der Waals surface area contributed by atoms with Gasteiger partial charge in [-0.05, 0) is 43.5 Å². The molecule has 1 aromatic carbocycles. The van der Waals surface area contributed by atoms with E-state index in [1.807, 2.05) is 24.3 Å². The van der Waals surface area contributed by atoms with Crippen LogP contribution in [0.4, 0.5) is 0 Å². The highest BCUT2D eigenvalue weighted by Gasteiger charge is 2.19. The molecule has 0 unspecified atom stereocenters. The molecular weight excluding hydrogens is 342 g/mol. The van der Waals surface area contributed by atoms with Crippen LogP contribution in [0.15, 0.2) is 29.3 Å². The number of piperidine rings is 1. The van der Waals surface area contributed by atoms with Crippen molar-refractivity contribution in [1.29, 1.82) is 0 Å². The predicted molar refractivity (Wildman–Crippen MR) is 109 cm³/mol. The number of benzene rings is 1. The Labute approximate surface area is 162 Å². The molecule has 0 radical (unpaired) electrons. The second-order valence-corrected chi connectivity index (χ2v) is 6.81. The van der Waals surface area contributed by atoms with Crippen LogP contribution in [0, 0.1) is 0 Å². The predicted octanol–water partition coefficient (Wildman–Crippen LogP) is 1.35. The van der Waals surface area contributed by atoms with Crippen LogP contribution in [0.5, 0.6) is 5.75 Å². The van der Waals surface area contributed by atoms with E-state index in [1.54, 1.807) is 14.2 Å².